The molecular weight excluding hydrogens is 396 g/mol. The number of amides is 1. The van der Waals surface area contributed by atoms with E-state index in [1.54, 1.807) is 19.1 Å². The van der Waals surface area contributed by atoms with Gasteiger partial charge in [0.05, 0.1) is 32.1 Å². The molecule has 0 saturated carbocycles. The summed E-state index contributed by atoms with van der Waals surface area (Å²) in [5.41, 5.74) is 0.869. The summed E-state index contributed by atoms with van der Waals surface area (Å²) in [6.45, 7) is 2.96. The lowest BCUT2D eigenvalue weighted by Gasteiger charge is -2.38. The van der Waals surface area contributed by atoms with Crippen LogP contribution in [-0.4, -0.2) is 62.6 Å². The fourth-order valence-electron chi connectivity index (χ4n) is 4.38. The molecule has 2 aliphatic rings. The van der Waals surface area contributed by atoms with E-state index in [9.17, 15) is 9.90 Å². The molecule has 1 atom stereocenters. The Labute approximate surface area is 183 Å². The largest absolute Gasteiger partial charge is 0.497 e. The van der Waals surface area contributed by atoms with E-state index >= 15 is 0 Å². The predicted molar refractivity (Wildman–Crippen MR) is 118 cm³/mol. The van der Waals surface area contributed by atoms with Crippen LogP contribution in [-0.2, 0) is 10.3 Å². The summed E-state index contributed by atoms with van der Waals surface area (Å²) in [5, 5.41) is 11.1. The fraction of sp³-hybridized carbons (Fsp3) is 0.458. The number of para-hydroxylation sites is 2. The van der Waals surface area contributed by atoms with Gasteiger partial charge >= 0.3 is 6.09 Å². The normalized spacial score (nSPS) is 21.1. The third kappa shape index (κ3) is 4.62. The van der Waals surface area contributed by atoms with Gasteiger partial charge in [-0.15, -0.1) is 0 Å². The molecule has 7 heteroatoms. The zero-order chi connectivity index (χ0) is 21.8. The molecule has 0 spiro atoms. The number of nitrogens with zero attached hydrogens (tertiary/aromatic N) is 2. The first-order valence-electron chi connectivity index (χ1n) is 10.7. The number of anilines is 1. The molecule has 2 aromatic rings. The molecule has 1 amide bonds. The second kappa shape index (κ2) is 9.16. The molecule has 2 saturated heterocycles. The Balaban J connectivity index is 1.28. The number of hydrogen-bond donors (Lipinski definition) is 1. The van der Waals surface area contributed by atoms with Crippen LogP contribution in [0.3, 0.4) is 0 Å². The minimum absolute atomic E-state index is 0.153. The maximum absolute atomic E-state index is 12.4. The number of carbonyl (C=O) groups excluding carboxylic acids is 1. The Bertz CT molecular complexity index is 893. The smallest absolute Gasteiger partial charge is 0.414 e. The lowest BCUT2D eigenvalue weighted by molar-refractivity contribution is -0.0275. The molecule has 2 heterocycles. The van der Waals surface area contributed by atoms with Crippen LogP contribution in [0.25, 0.3) is 0 Å². The first-order chi connectivity index (χ1) is 15.0. The predicted octanol–water partition coefficient (Wildman–Crippen LogP) is 3.40. The van der Waals surface area contributed by atoms with Gasteiger partial charge in [-0.25, -0.2) is 4.79 Å². The minimum atomic E-state index is -0.802. The highest BCUT2D eigenvalue weighted by molar-refractivity contribution is 5.91. The van der Waals surface area contributed by atoms with Crippen LogP contribution in [0.15, 0.2) is 48.5 Å². The van der Waals surface area contributed by atoms with Gasteiger partial charge in [0.15, 0.2) is 0 Å². The Morgan fingerprint density at radius 2 is 1.77 bits per heavy atom. The van der Waals surface area contributed by atoms with Crippen LogP contribution in [0.5, 0.6) is 11.5 Å². The van der Waals surface area contributed by atoms with E-state index in [0.29, 0.717) is 25.1 Å². The van der Waals surface area contributed by atoms with Crippen LogP contribution in [0.2, 0.25) is 0 Å². The molecule has 0 aliphatic carbocycles. The van der Waals surface area contributed by atoms with Gasteiger partial charge in [-0.2, -0.15) is 0 Å². The van der Waals surface area contributed by atoms with Crippen LogP contribution >= 0.6 is 0 Å². The van der Waals surface area contributed by atoms with E-state index in [1.807, 2.05) is 48.5 Å². The molecule has 166 valence electrons. The summed E-state index contributed by atoms with van der Waals surface area (Å²) in [4.78, 5) is 16.4. The topological polar surface area (TPSA) is 71.5 Å². The molecular formula is C24H30N2O5. The number of carbonyl (C=O) groups is 1. The van der Waals surface area contributed by atoms with E-state index in [0.717, 1.165) is 43.1 Å². The SMILES string of the molecule is COc1ccc(C2(O)CCN(CCC3CN(c4ccccc4OC)C(=O)O3)CC2)cc1. The summed E-state index contributed by atoms with van der Waals surface area (Å²) in [6.07, 6.45) is 1.63. The van der Waals surface area contributed by atoms with Crippen LogP contribution in [0.1, 0.15) is 24.8 Å². The molecule has 2 fully saturated rings. The molecule has 0 radical (unpaired) electrons. The van der Waals surface area contributed by atoms with Gasteiger partial charge < -0.3 is 24.2 Å². The van der Waals surface area contributed by atoms with E-state index in [-0.39, 0.29) is 12.2 Å². The average Bonchev–Trinajstić information content (AvgIpc) is 3.19. The third-order valence-corrected chi connectivity index (χ3v) is 6.33. The van der Waals surface area contributed by atoms with Gasteiger partial charge in [-0.3, -0.25) is 4.90 Å². The summed E-state index contributed by atoms with van der Waals surface area (Å²) in [6, 6.07) is 15.1. The second-order valence-corrected chi connectivity index (χ2v) is 8.18. The molecule has 1 unspecified atom stereocenters. The quantitative estimate of drug-likeness (QED) is 0.732. The first-order valence-corrected chi connectivity index (χ1v) is 10.7. The van der Waals surface area contributed by atoms with E-state index in [4.69, 9.17) is 14.2 Å². The van der Waals surface area contributed by atoms with Crippen molar-refractivity contribution in [2.24, 2.45) is 0 Å². The first kappa shape index (κ1) is 21.5. The highest BCUT2D eigenvalue weighted by Gasteiger charge is 2.36. The number of benzene rings is 2. The van der Waals surface area contributed by atoms with Crippen molar-refractivity contribution in [1.82, 2.24) is 4.90 Å². The van der Waals surface area contributed by atoms with Crippen molar-refractivity contribution in [3.8, 4) is 11.5 Å². The monoisotopic (exact) mass is 426 g/mol. The van der Waals surface area contributed by atoms with Crippen molar-refractivity contribution in [2.75, 3.05) is 45.3 Å². The average molecular weight is 427 g/mol. The number of likely N-dealkylation sites (tertiary alicyclic amines) is 1. The summed E-state index contributed by atoms with van der Waals surface area (Å²) in [5.74, 6) is 1.45. The van der Waals surface area contributed by atoms with Crippen molar-refractivity contribution in [1.29, 1.82) is 0 Å². The maximum Gasteiger partial charge on any atom is 0.414 e. The Kier molecular flexibility index (Phi) is 6.34. The molecule has 0 bridgehead atoms. The zero-order valence-electron chi connectivity index (χ0n) is 18.1. The molecule has 2 aromatic carbocycles. The van der Waals surface area contributed by atoms with Crippen molar-refractivity contribution >= 4 is 11.8 Å². The van der Waals surface area contributed by atoms with Crippen LogP contribution < -0.4 is 14.4 Å². The van der Waals surface area contributed by atoms with Crippen molar-refractivity contribution in [3.05, 3.63) is 54.1 Å². The molecule has 31 heavy (non-hydrogen) atoms. The van der Waals surface area contributed by atoms with Crippen LogP contribution in [0.4, 0.5) is 10.5 Å². The van der Waals surface area contributed by atoms with Crippen molar-refractivity contribution in [3.63, 3.8) is 0 Å². The Morgan fingerprint density at radius 1 is 1.06 bits per heavy atom. The number of piperidine rings is 1. The number of methoxy groups -OCH3 is 2. The van der Waals surface area contributed by atoms with Gasteiger partial charge in [0.2, 0.25) is 0 Å². The highest BCUT2D eigenvalue weighted by atomic mass is 16.6. The molecule has 1 N–H and O–H groups in total. The molecule has 2 aliphatic heterocycles. The van der Waals surface area contributed by atoms with E-state index in [2.05, 4.69) is 4.90 Å². The van der Waals surface area contributed by atoms with Gasteiger partial charge in [0.1, 0.15) is 17.6 Å². The fourth-order valence-corrected chi connectivity index (χ4v) is 4.38. The van der Waals surface area contributed by atoms with Crippen molar-refractivity contribution in [2.45, 2.75) is 31.0 Å². The minimum Gasteiger partial charge on any atom is -0.497 e. The number of rotatable bonds is 7. The van der Waals surface area contributed by atoms with E-state index < -0.39 is 5.60 Å². The maximum atomic E-state index is 12.4. The van der Waals surface area contributed by atoms with E-state index in [1.165, 1.54) is 0 Å². The highest BCUT2D eigenvalue weighted by Crippen LogP contribution is 2.34. The number of ether oxygens (including phenoxy) is 3. The number of cyclic esters (lactones) is 1. The van der Waals surface area contributed by atoms with Gasteiger partial charge in [0.25, 0.3) is 0 Å². The Morgan fingerprint density at radius 3 is 2.45 bits per heavy atom. The zero-order valence-corrected chi connectivity index (χ0v) is 18.1. The van der Waals surface area contributed by atoms with Crippen molar-refractivity contribution < 1.29 is 24.1 Å². The molecule has 7 nitrogen and oxygen atoms in total. The standard InChI is InChI=1S/C24H30N2O5/c1-29-19-9-7-18(8-10-19)24(28)12-15-25(16-13-24)14-11-20-17-26(23(27)31-20)21-5-3-4-6-22(21)30-2/h3-10,20,28H,11-17H2,1-2H3. The lowest BCUT2D eigenvalue weighted by atomic mass is 9.84. The van der Waals surface area contributed by atoms with Crippen LogP contribution in [0, 0.1) is 0 Å². The van der Waals surface area contributed by atoms with Gasteiger partial charge in [-0.05, 0) is 49.1 Å². The summed E-state index contributed by atoms with van der Waals surface area (Å²) in [7, 11) is 3.24. The van der Waals surface area contributed by atoms with Gasteiger partial charge in [-0.1, -0.05) is 24.3 Å². The number of aliphatic hydroxyl groups is 1. The summed E-state index contributed by atoms with van der Waals surface area (Å²) >= 11 is 0. The summed E-state index contributed by atoms with van der Waals surface area (Å²) < 4.78 is 16.2. The second-order valence-electron chi connectivity index (χ2n) is 8.18. The molecule has 4 rings (SSSR count). The Hall–Kier alpha value is -2.77. The molecule has 0 aromatic heterocycles. The lowest BCUT2D eigenvalue weighted by Crippen LogP contribution is -2.43. The third-order valence-electron chi connectivity index (χ3n) is 6.33. The number of hydrogen-bond acceptors (Lipinski definition) is 6. The van der Waals surface area contributed by atoms with Gasteiger partial charge in [0, 0.05) is 19.6 Å².